The molecule has 0 saturated heterocycles. The van der Waals surface area contributed by atoms with Gasteiger partial charge in [0.15, 0.2) is 0 Å². The van der Waals surface area contributed by atoms with E-state index >= 15 is 0 Å². The van der Waals surface area contributed by atoms with E-state index in [-0.39, 0.29) is 5.82 Å². The molecule has 0 aliphatic rings. The second-order valence-corrected chi connectivity index (χ2v) is 3.49. The molecular weight excluding hydrogens is 187 g/mol. The lowest BCUT2D eigenvalue weighted by Crippen LogP contribution is -1.96. The first-order valence-corrected chi connectivity index (χ1v) is 5.46. The third-order valence-electron chi connectivity index (χ3n) is 1.59. The van der Waals surface area contributed by atoms with Crippen LogP contribution in [0, 0.1) is 5.82 Å². The summed E-state index contributed by atoms with van der Waals surface area (Å²) in [4.78, 5) is 0.981. The summed E-state index contributed by atoms with van der Waals surface area (Å²) in [5.74, 6) is 0.401. The first kappa shape index (κ1) is 10.4. The van der Waals surface area contributed by atoms with Gasteiger partial charge in [-0.15, -0.1) is 11.8 Å². The van der Waals surface area contributed by atoms with Crippen molar-refractivity contribution in [3.05, 3.63) is 24.0 Å². The molecule has 1 nitrogen and oxygen atoms in total. The Morgan fingerprint density at radius 1 is 1.46 bits per heavy atom. The topological polar surface area (TPSA) is 9.23 Å². The first-order valence-electron chi connectivity index (χ1n) is 4.24. The lowest BCUT2D eigenvalue weighted by atomic mass is 10.3. The van der Waals surface area contributed by atoms with Gasteiger partial charge >= 0.3 is 0 Å². The molecule has 1 aromatic rings. The van der Waals surface area contributed by atoms with Gasteiger partial charge in [0.2, 0.25) is 0 Å². The average Bonchev–Trinajstić information content (AvgIpc) is 2.15. The summed E-state index contributed by atoms with van der Waals surface area (Å²) in [5.41, 5.74) is 0. The van der Waals surface area contributed by atoms with Gasteiger partial charge < -0.3 is 4.74 Å². The van der Waals surface area contributed by atoms with Gasteiger partial charge in [0.1, 0.15) is 11.6 Å². The Labute approximate surface area is 82.3 Å². The van der Waals surface area contributed by atoms with E-state index in [0.29, 0.717) is 12.4 Å². The lowest BCUT2D eigenvalue weighted by Gasteiger charge is -2.08. The van der Waals surface area contributed by atoms with Crippen LogP contribution in [0.5, 0.6) is 5.75 Å². The van der Waals surface area contributed by atoms with Crippen LogP contribution in [-0.2, 0) is 0 Å². The minimum absolute atomic E-state index is 0.246. The summed E-state index contributed by atoms with van der Waals surface area (Å²) in [6.45, 7) is 2.66. The Morgan fingerprint density at radius 2 is 2.23 bits per heavy atom. The van der Waals surface area contributed by atoms with Crippen LogP contribution in [0.1, 0.15) is 13.3 Å². The molecule has 0 amide bonds. The number of hydrogen-bond acceptors (Lipinski definition) is 2. The van der Waals surface area contributed by atoms with E-state index in [0.717, 1.165) is 11.3 Å². The summed E-state index contributed by atoms with van der Waals surface area (Å²) in [6, 6.07) is 4.62. The van der Waals surface area contributed by atoms with E-state index in [4.69, 9.17) is 4.74 Å². The summed E-state index contributed by atoms with van der Waals surface area (Å²) >= 11 is 1.56. The van der Waals surface area contributed by atoms with Crippen LogP contribution in [0.25, 0.3) is 0 Å². The fourth-order valence-electron chi connectivity index (χ4n) is 0.975. The van der Waals surface area contributed by atoms with Gasteiger partial charge in [0, 0.05) is 11.0 Å². The molecule has 0 unspecified atom stereocenters. The summed E-state index contributed by atoms with van der Waals surface area (Å²) < 4.78 is 18.2. The first-order chi connectivity index (χ1) is 6.27. The van der Waals surface area contributed by atoms with Crippen molar-refractivity contribution >= 4 is 11.8 Å². The number of hydrogen-bond donors (Lipinski definition) is 0. The fraction of sp³-hybridized carbons (Fsp3) is 0.400. The van der Waals surface area contributed by atoms with E-state index < -0.39 is 0 Å². The van der Waals surface area contributed by atoms with E-state index in [9.17, 15) is 4.39 Å². The highest BCUT2D eigenvalue weighted by molar-refractivity contribution is 7.98. The van der Waals surface area contributed by atoms with Crippen molar-refractivity contribution in [2.24, 2.45) is 0 Å². The average molecular weight is 200 g/mol. The van der Waals surface area contributed by atoms with Crippen LogP contribution in [0.15, 0.2) is 23.1 Å². The Kier molecular flexibility index (Phi) is 4.09. The molecular formula is C10H13FOS. The van der Waals surface area contributed by atoms with Crippen LogP contribution in [-0.4, -0.2) is 12.9 Å². The summed E-state index contributed by atoms with van der Waals surface area (Å²) in [6.07, 6.45) is 2.89. The molecule has 0 spiro atoms. The van der Waals surface area contributed by atoms with Crippen LogP contribution in [0.4, 0.5) is 4.39 Å². The van der Waals surface area contributed by atoms with Gasteiger partial charge in [-0.2, -0.15) is 0 Å². The standard InChI is InChI=1S/C10H13FOS/c1-3-6-12-9-7-8(11)4-5-10(9)13-2/h4-5,7H,3,6H2,1-2H3. The Morgan fingerprint density at radius 3 is 2.85 bits per heavy atom. The minimum atomic E-state index is -0.246. The molecule has 0 heterocycles. The van der Waals surface area contributed by atoms with Gasteiger partial charge in [0.05, 0.1) is 6.61 Å². The van der Waals surface area contributed by atoms with Crippen LogP contribution >= 0.6 is 11.8 Å². The Bertz CT molecular complexity index is 276. The maximum absolute atomic E-state index is 12.8. The van der Waals surface area contributed by atoms with Crippen molar-refractivity contribution in [1.82, 2.24) is 0 Å². The van der Waals surface area contributed by atoms with E-state index in [1.165, 1.54) is 12.1 Å². The highest BCUT2D eigenvalue weighted by Gasteiger charge is 2.03. The number of rotatable bonds is 4. The predicted molar refractivity (Wildman–Crippen MR) is 54.0 cm³/mol. The minimum Gasteiger partial charge on any atom is -0.492 e. The van der Waals surface area contributed by atoms with Crippen molar-refractivity contribution in [2.75, 3.05) is 12.9 Å². The smallest absolute Gasteiger partial charge is 0.135 e. The molecule has 0 aliphatic carbocycles. The zero-order valence-electron chi connectivity index (χ0n) is 7.84. The van der Waals surface area contributed by atoms with Gasteiger partial charge in [-0.25, -0.2) is 4.39 Å². The molecule has 72 valence electrons. The van der Waals surface area contributed by atoms with Crippen molar-refractivity contribution in [1.29, 1.82) is 0 Å². The van der Waals surface area contributed by atoms with Gasteiger partial charge in [-0.05, 0) is 24.8 Å². The second-order valence-electron chi connectivity index (χ2n) is 2.64. The number of benzene rings is 1. The van der Waals surface area contributed by atoms with E-state index in [1.807, 2.05) is 13.2 Å². The second kappa shape index (κ2) is 5.12. The zero-order chi connectivity index (χ0) is 9.68. The normalized spacial score (nSPS) is 10.1. The molecule has 0 aliphatic heterocycles. The highest BCUT2D eigenvalue weighted by Crippen LogP contribution is 2.28. The maximum atomic E-state index is 12.8. The Hall–Kier alpha value is -0.700. The largest absolute Gasteiger partial charge is 0.492 e. The van der Waals surface area contributed by atoms with E-state index in [2.05, 4.69) is 0 Å². The summed E-state index contributed by atoms with van der Waals surface area (Å²) in [5, 5.41) is 0. The molecule has 0 fully saturated rings. The molecule has 1 aromatic carbocycles. The van der Waals surface area contributed by atoms with Gasteiger partial charge in [-0.3, -0.25) is 0 Å². The zero-order valence-corrected chi connectivity index (χ0v) is 8.66. The molecule has 13 heavy (non-hydrogen) atoms. The van der Waals surface area contributed by atoms with Gasteiger partial charge in [0.25, 0.3) is 0 Å². The fourth-order valence-corrected chi connectivity index (χ4v) is 1.50. The quantitative estimate of drug-likeness (QED) is 0.689. The molecule has 3 heteroatoms. The maximum Gasteiger partial charge on any atom is 0.135 e. The summed E-state index contributed by atoms with van der Waals surface area (Å²) in [7, 11) is 0. The lowest BCUT2D eigenvalue weighted by molar-refractivity contribution is 0.308. The van der Waals surface area contributed by atoms with Crippen LogP contribution < -0.4 is 4.74 Å². The molecule has 0 aromatic heterocycles. The molecule has 0 bridgehead atoms. The van der Waals surface area contributed by atoms with Gasteiger partial charge in [-0.1, -0.05) is 6.92 Å². The third-order valence-corrected chi connectivity index (χ3v) is 2.36. The predicted octanol–water partition coefficient (Wildman–Crippen LogP) is 3.34. The van der Waals surface area contributed by atoms with E-state index in [1.54, 1.807) is 17.8 Å². The van der Waals surface area contributed by atoms with Crippen LogP contribution in [0.2, 0.25) is 0 Å². The van der Waals surface area contributed by atoms with Crippen molar-refractivity contribution < 1.29 is 9.13 Å². The Balaban J connectivity index is 2.81. The van der Waals surface area contributed by atoms with Crippen molar-refractivity contribution in [3.8, 4) is 5.75 Å². The third kappa shape index (κ3) is 2.92. The molecule has 1 rings (SSSR count). The number of ether oxygens (including phenoxy) is 1. The van der Waals surface area contributed by atoms with Crippen molar-refractivity contribution in [3.63, 3.8) is 0 Å². The molecule has 0 saturated carbocycles. The SMILES string of the molecule is CCCOc1cc(F)ccc1SC. The van der Waals surface area contributed by atoms with Crippen molar-refractivity contribution in [2.45, 2.75) is 18.2 Å². The molecule has 0 N–H and O–H groups in total. The molecule has 0 atom stereocenters. The van der Waals surface area contributed by atoms with Crippen LogP contribution in [0.3, 0.4) is 0 Å². The highest BCUT2D eigenvalue weighted by atomic mass is 32.2. The number of thioether (sulfide) groups is 1. The monoisotopic (exact) mass is 200 g/mol. The molecule has 0 radical (unpaired) electrons. The number of halogens is 1.